The predicted octanol–water partition coefficient (Wildman–Crippen LogP) is -0.565. The van der Waals surface area contributed by atoms with Crippen LogP contribution in [-0.2, 0) is 11.3 Å². The third kappa shape index (κ3) is 2.79. The van der Waals surface area contributed by atoms with Crippen LogP contribution < -0.4 is 0 Å². The zero-order valence-electron chi connectivity index (χ0n) is 9.86. The number of rotatable bonds is 3. The van der Waals surface area contributed by atoms with Crippen LogP contribution in [0.2, 0.25) is 0 Å². The fourth-order valence-corrected chi connectivity index (χ4v) is 2.23. The summed E-state index contributed by atoms with van der Waals surface area (Å²) in [7, 11) is 1.73. The van der Waals surface area contributed by atoms with Crippen molar-refractivity contribution in [1.29, 1.82) is 0 Å². The molecular formula is C10H17N5O2. The van der Waals surface area contributed by atoms with Gasteiger partial charge in [0.2, 0.25) is 5.91 Å². The lowest BCUT2D eigenvalue weighted by Crippen LogP contribution is -2.47. The summed E-state index contributed by atoms with van der Waals surface area (Å²) in [5.74, 6) is -0.0803. The van der Waals surface area contributed by atoms with E-state index in [9.17, 15) is 9.90 Å². The molecule has 17 heavy (non-hydrogen) atoms. The molecule has 1 aliphatic carbocycles. The van der Waals surface area contributed by atoms with Crippen LogP contribution in [0.3, 0.4) is 0 Å². The summed E-state index contributed by atoms with van der Waals surface area (Å²) in [6.45, 7) is 0.118. The SMILES string of the molecule is CN(C(=O)Cn1cnnn1)C1CCCCC1O. The second kappa shape index (κ2) is 5.22. The molecule has 0 bridgehead atoms. The minimum Gasteiger partial charge on any atom is -0.391 e. The predicted molar refractivity (Wildman–Crippen MR) is 58.8 cm³/mol. The zero-order valence-corrected chi connectivity index (χ0v) is 9.86. The summed E-state index contributed by atoms with van der Waals surface area (Å²) in [5, 5.41) is 20.5. The zero-order chi connectivity index (χ0) is 12.3. The summed E-state index contributed by atoms with van der Waals surface area (Å²) in [4.78, 5) is 13.6. The Bertz CT molecular complexity index is 367. The van der Waals surface area contributed by atoms with E-state index in [4.69, 9.17) is 0 Å². The lowest BCUT2D eigenvalue weighted by atomic mass is 9.91. The van der Waals surface area contributed by atoms with E-state index in [1.165, 1.54) is 11.0 Å². The maximum atomic E-state index is 12.0. The van der Waals surface area contributed by atoms with Gasteiger partial charge in [-0.2, -0.15) is 0 Å². The molecule has 1 N–H and O–H groups in total. The third-order valence-corrected chi connectivity index (χ3v) is 3.27. The minimum absolute atomic E-state index is 0.0762. The number of hydrogen-bond acceptors (Lipinski definition) is 5. The van der Waals surface area contributed by atoms with Crippen LogP contribution in [-0.4, -0.2) is 55.3 Å². The van der Waals surface area contributed by atoms with Crippen LogP contribution in [0.5, 0.6) is 0 Å². The Morgan fingerprint density at radius 3 is 2.94 bits per heavy atom. The number of carbonyl (C=O) groups excluding carboxylic acids is 1. The lowest BCUT2D eigenvalue weighted by molar-refractivity contribution is -0.136. The standard InChI is InChI=1S/C10H17N5O2/c1-14(8-4-2-3-5-9(8)16)10(17)6-15-7-11-12-13-15/h7-9,16H,2-6H2,1H3. The highest BCUT2D eigenvalue weighted by atomic mass is 16.3. The van der Waals surface area contributed by atoms with E-state index in [1.807, 2.05) is 0 Å². The Kier molecular flexibility index (Phi) is 3.68. The van der Waals surface area contributed by atoms with Gasteiger partial charge in [-0.15, -0.1) is 5.10 Å². The summed E-state index contributed by atoms with van der Waals surface area (Å²) in [5.41, 5.74) is 0. The van der Waals surface area contributed by atoms with Crippen molar-refractivity contribution in [2.24, 2.45) is 0 Å². The van der Waals surface area contributed by atoms with E-state index in [0.29, 0.717) is 0 Å². The second-order valence-corrected chi connectivity index (χ2v) is 4.43. The molecule has 2 unspecified atom stereocenters. The van der Waals surface area contributed by atoms with Crippen molar-refractivity contribution in [1.82, 2.24) is 25.1 Å². The normalized spacial score (nSPS) is 24.6. The van der Waals surface area contributed by atoms with Crippen molar-refractivity contribution in [3.8, 4) is 0 Å². The van der Waals surface area contributed by atoms with Gasteiger partial charge in [-0.1, -0.05) is 12.8 Å². The molecule has 0 spiro atoms. The Labute approximate surface area is 99.4 Å². The number of hydrogen-bond donors (Lipinski definition) is 1. The van der Waals surface area contributed by atoms with Crippen molar-refractivity contribution >= 4 is 5.91 Å². The molecule has 0 aromatic carbocycles. The maximum Gasteiger partial charge on any atom is 0.244 e. The smallest absolute Gasteiger partial charge is 0.244 e. The lowest BCUT2D eigenvalue weighted by Gasteiger charge is -2.35. The van der Waals surface area contributed by atoms with E-state index in [2.05, 4.69) is 15.5 Å². The van der Waals surface area contributed by atoms with Crippen molar-refractivity contribution in [2.75, 3.05) is 7.05 Å². The molecule has 0 aliphatic heterocycles. The summed E-state index contributed by atoms with van der Waals surface area (Å²) in [6.07, 6.45) is 4.72. The van der Waals surface area contributed by atoms with Gasteiger partial charge in [-0.05, 0) is 23.3 Å². The molecule has 1 aliphatic rings. The monoisotopic (exact) mass is 239 g/mol. The molecule has 2 atom stereocenters. The van der Waals surface area contributed by atoms with Gasteiger partial charge >= 0.3 is 0 Å². The highest BCUT2D eigenvalue weighted by molar-refractivity contribution is 5.76. The molecule has 1 aromatic heterocycles. The molecule has 94 valence electrons. The average Bonchev–Trinajstić information content (AvgIpc) is 2.81. The van der Waals surface area contributed by atoms with Crippen LogP contribution in [0.1, 0.15) is 25.7 Å². The number of aliphatic hydroxyl groups is 1. The Balaban J connectivity index is 1.94. The Hall–Kier alpha value is -1.50. The number of tetrazole rings is 1. The van der Waals surface area contributed by atoms with Crippen molar-refractivity contribution in [2.45, 2.75) is 44.4 Å². The van der Waals surface area contributed by atoms with Crippen LogP contribution >= 0.6 is 0 Å². The first-order valence-electron chi connectivity index (χ1n) is 5.83. The van der Waals surface area contributed by atoms with Crippen LogP contribution in [0, 0.1) is 0 Å². The number of aliphatic hydroxyl groups excluding tert-OH is 1. The van der Waals surface area contributed by atoms with Gasteiger partial charge in [0.25, 0.3) is 0 Å². The van der Waals surface area contributed by atoms with Crippen molar-refractivity contribution < 1.29 is 9.90 Å². The third-order valence-electron chi connectivity index (χ3n) is 3.27. The highest BCUT2D eigenvalue weighted by Crippen LogP contribution is 2.22. The van der Waals surface area contributed by atoms with Gasteiger partial charge in [-0.25, -0.2) is 4.68 Å². The van der Waals surface area contributed by atoms with Crippen molar-refractivity contribution in [3.63, 3.8) is 0 Å². The average molecular weight is 239 g/mol. The second-order valence-electron chi connectivity index (χ2n) is 4.43. The first-order chi connectivity index (χ1) is 8.18. The quantitative estimate of drug-likeness (QED) is 0.764. The molecule has 7 nitrogen and oxygen atoms in total. The Morgan fingerprint density at radius 1 is 1.53 bits per heavy atom. The fourth-order valence-electron chi connectivity index (χ4n) is 2.23. The fraction of sp³-hybridized carbons (Fsp3) is 0.800. The van der Waals surface area contributed by atoms with Gasteiger partial charge in [0, 0.05) is 7.05 Å². The van der Waals surface area contributed by atoms with E-state index >= 15 is 0 Å². The first kappa shape index (κ1) is 12.0. The van der Waals surface area contributed by atoms with Gasteiger partial charge in [0.1, 0.15) is 12.9 Å². The summed E-state index contributed by atoms with van der Waals surface area (Å²) >= 11 is 0. The number of carbonyl (C=O) groups is 1. The molecule has 0 saturated heterocycles. The van der Waals surface area contributed by atoms with Gasteiger partial charge < -0.3 is 10.0 Å². The number of aromatic nitrogens is 4. The molecule has 7 heteroatoms. The highest BCUT2D eigenvalue weighted by Gasteiger charge is 2.29. The molecule has 1 amide bonds. The van der Waals surface area contributed by atoms with E-state index in [-0.39, 0.29) is 18.5 Å². The largest absolute Gasteiger partial charge is 0.391 e. The van der Waals surface area contributed by atoms with Crippen LogP contribution in [0.4, 0.5) is 0 Å². The van der Waals surface area contributed by atoms with Gasteiger partial charge in [-0.3, -0.25) is 4.79 Å². The van der Waals surface area contributed by atoms with E-state index in [0.717, 1.165) is 25.7 Å². The minimum atomic E-state index is -0.411. The van der Waals surface area contributed by atoms with Gasteiger partial charge in [0.15, 0.2) is 0 Å². The van der Waals surface area contributed by atoms with E-state index in [1.54, 1.807) is 11.9 Å². The maximum absolute atomic E-state index is 12.0. The molecule has 1 aromatic rings. The van der Waals surface area contributed by atoms with E-state index < -0.39 is 6.10 Å². The van der Waals surface area contributed by atoms with Crippen LogP contribution in [0.25, 0.3) is 0 Å². The molecule has 1 heterocycles. The summed E-state index contributed by atoms with van der Waals surface area (Å²) in [6, 6.07) is -0.0762. The topological polar surface area (TPSA) is 84.1 Å². The van der Waals surface area contributed by atoms with Gasteiger partial charge in [0.05, 0.1) is 12.1 Å². The summed E-state index contributed by atoms with van der Waals surface area (Å²) < 4.78 is 1.38. The number of likely N-dealkylation sites (N-methyl/N-ethyl adjacent to an activating group) is 1. The van der Waals surface area contributed by atoms with Crippen molar-refractivity contribution in [3.05, 3.63) is 6.33 Å². The Morgan fingerprint density at radius 2 is 2.29 bits per heavy atom. The molecule has 2 rings (SSSR count). The molecular weight excluding hydrogens is 222 g/mol. The molecule has 0 radical (unpaired) electrons. The molecule has 1 saturated carbocycles. The molecule has 1 fully saturated rings. The number of amides is 1. The number of nitrogens with zero attached hydrogens (tertiary/aromatic N) is 5. The first-order valence-corrected chi connectivity index (χ1v) is 5.83. The van der Waals surface area contributed by atoms with Crippen LogP contribution in [0.15, 0.2) is 6.33 Å².